The molecular formula is C15H16ClN5. The molecule has 1 aromatic carbocycles. The molecule has 3 rings (SSSR count). The summed E-state index contributed by atoms with van der Waals surface area (Å²) < 4.78 is 2.21. The van der Waals surface area contributed by atoms with Crippen molar-refractivity contribution < 1.29 is 0 Å². The smallest absolute Gasteiger partial charge is 0.145 e. The Labute approximate surface area is 127 Å². The largest absolute Gasteiger partial charge is 0.382 e. The van der Waals surface area contributed by atoms with Gasteiger partial charge in [-0.1, -0.05) is 30.7 Å². The van der Waals surface area contributed by atoms with Crippen LogP contribution in [-0.4, -0.2) is 19.5 Å². The molecule has 0 atom stereocenters. The molecular weight excluding hydrogens is 286 g/mol. The number of fused-ring (bicyclic) bond motifs is 1. The summed E-state index contributed by atoms with van der Waals surface area (Å²) in [4.78, 5) is 12.8. The summed E-state index contributed by atoms with van der Waals surface area (Å²) >= 11 is 6.18. The van der Waals surface area contributed by atoms with Gasteiger partial charge in [-0.2, -0.15) is 0 Å². The number of rotatable bonds is 4. The topological polar surface area (TPSA) is 69.6 Å². The molecule has 0 saturated heterocycles. The van der Waals surface area contributed by atoms with Crippen LogP contribution in [-0.2, 0) is 13.0 Å². The molecule has 2 N–H and O–H groups in total. The van der Waals surface area contributed by atoms with E-state index in [0.29, 0.717) is 23.0 Å². The molecule has 3 aromatic rings. The first kappa shape index (κ1) is 13.8. The summed E-state index contributed by atoms with van der Waals surface area (Å²) in [5.41, 5.74) is 8.56. The number of hydrogen-bond acceptors (Lipinski definition) is 4. The lowest BCUT2D eigenvalue weighted by atomic mass is 10.2. The van der Waals surface area contributed by atoms with Crippen molar-refractivity contribution in [3.8, 4) is 0 Å². The van der Waals surface area contributed by atoms with Gasteiger partial charge in [0.05, 0.1) is 23.1 Å². The predicted molar refractivity (Wildman–Crippen MR) is 84.3 cm³/mol. The van der Waals surface area contributed by atoms with Gasteiger partial charge in [0.1, 0.15) is 23.0 Å². The molecule has 0 unspecified atom stereocenters. The van der Waals surface area contributed by atoms with E-state index in [1.165, 1.54) is 6.33 Å². The molecule has 0 aliphatic rings. The molecule has 0 aliphatic carbocycles. The zero-order valence-electron chi connectivity index (χ0n) is 11.8. The van der Waals surface area contributed by atoms with Crippen molar-refractivity contribution in [1.82, 2.24) is 19.5 Å². The minimum absolute atomic E-state index is 0.305. The van der Waals surface area contributed by atoms with Crippen molar-refractivity contribution in [3.63, 3.8) is 0 Å². The predicted octanol–water partition coefficient (Wildman–Crippen LogP) is 3.06. The number of nitrogens with zero attached hydrogens (tertiary/aromatic N) is 4. The van der Waals surface area contributed by atoms with Crippen molar-refractivity contribution in [2.24, 2.45) is 0 Å². The van der Waals surface area contributed by atoms with Crippen LogP contribution < -0.4 is 5.73 Å². The third-order valence-corrected chi connectivity index (χ3v) is 3.81. The number of imidazole rings is 1. The van der Waals surface area contributed by atoms with Gasteiger partial charge in [-0.3, -0.25) is 0 Å². The van der Waals surface area contributed by atoms with Crippen molar-refractivity contribution in [2.45, 2.75) is 26.3 Å². The van der Waals surface area contributed by atoms with E-state index >= 15 is 0 Å². The minimum atomic E-state index is 0.305. The second-order valence-electron chi connectivity index (χ2n) is 4.86. The molecule has 0 spiro atoms. The van der Waals surface area contributed by atoms with E-state index in [1.807, 2.05) is 18.2 Å². The first-order chi connectivity index (χ1) is 10.2. The second-order valence-corrected chi connectivity index (χ2v) is 5.24. The highest BCUT2D eigenvalue weighted by Gasteiger charge is 2.14. The molecule has 5 nitrogen and oxygen atoms in total. The van der Waals surface area contributed by atoms with Crippen LogP contribution in [0.2, 0.25) is 5.02 Å². The van der Waals surface area contributed by atoms with Crippen LogP contribution in [0.25, 0.3) is 11.0 Å². The summed E-state index contributed by atoms with van der Waals surface area (Å²) in [6.45, 7) is 3.06. The number of nitrogen functional groups attached to an aromatic ring is 1. The highest BCUT2D eigenvalue weighted by molar-refractivity contribution is 6.33. The van der Waals surface area contributed by atoms with Gasteiger partial charge in [-0.15, -0.1) is 0 Å². The first-order valence-electron chi connectivity index (χ1n) is 6.89. The summed E-state index contributed by atoms with van der Waals surface area (Å²) in [7, 11) is 0. The third-order valence-electron chi connectivity index (χ3n) is 3.40. The van der Waals surface area contributed by atoms with Crippen molar-refractivity contribution in [2.75, 3.05) is 5.73 Å². The van der Waals surface area contributed by atoms with Crippen molar-refractivity contribution in [1.29, 1.82) is 0 Å². The highest BCUT2D eigenvalue weighted by Crippen LogP contribution is 2.23. The number of anilines is 1. The Balaban J connectivity index is 2.07. The van der Waals surface area contributed by atoms with Crippen molar-refractivity contribution in [3.05, 3.63) is 47.1 Å². The average Bonchev–Trinajstić information content (AvgIpc) is 2.82. The molecule has 2 heterocycles. The average molecular weight is 302 g/mol. The normalized spacial score (nSPS) is 11.1. The number of hydrogen-bond donors (Lipinski definition) is 1. The molecule has 6 heteroatoms. The third kappa shape index (κ3) is 2.56. The number of nitrogens with two attached hydrogens (primary N) is 1. The van der Waals surface area contributed by atoms with Crippen LogP contribution in [0.4, 0.5) is 5.82 Å². The van der Waals surface area contributed by atoms with Crippen LogP contribution in [0, 0.1) is 0 Å². The Bertz CT molecular complexity index is 781. The fourth-order valence-electron chi connectivity index (χ4n) is 2.43. The van der Waals surface area contributed by atoms with Gasteiger partial charge in [0.15, 0.2) is 0 Å². The van der Waals surface area contributed by atoms with Gasteiger partial charge in [0.2, 0.25) is 0 Å². The lowest BCUT2D eigenvalue weighted by Gasteiger charge is -2.08. The SMILES string of the molecule is CCCn1c(Cc2ncnc(N)c2Cl)nc2ccccc21. The van der Waals surface area contributed by atoms with Crippen LogP contribution >= 0.6 is 11.6 Å². The number of halogens is 1. The van der Waals surface area contributed by atoms with Crippen LogP contribution in [0.1, 0.15) is 24.9 Å². The lowest BCUT2D eigenvalue weighted by molar-refractivity contribution is 0.662. The van der Waals surface area contributed by atoms with Gasteiger partial charge < -0.3 is 10.3 Å². The molecule has 21 heavy (non-hydrogen) atoms. The number of aryl methyl sites for hydroxylation is 1. The Morgan fingerprint density at radius 3 is 2.86 bits per heavy atom. The number of para-hydroxylation sites is 2. The Hall–Kier alpha value is -2.14. The zero-order valence-corrected chi connectivity index (χ0v) is 12.5. The summed E-state index contributed by atoms with van der Waals surface area (Å²) in [6, 6.07) is 8.11. The van der Waals surface area contributed by atoms with Gasteiger partial charge >= 0.3 is 0 Å². The van der Waals surface area contributed by atoms with E-state index in [2.05, 4.69) is 27.5 Å². The molecule has 0 aliphatic heterocycles. The zero-order chi connectivity index (χ0) is 14.8. The van der Waals surface area contributed by atoms with E-state index in [9.17, 15) is 0 Å². The molecule has 0 bridgehead atoms. The van der Waals surface area contributed by atoms with E-state index in [-0.39, 0.29) is 0 Å². The van der Waals surface area contributed by atoms with E-state index in [1.54, 1.807) is 0 Å². The number of benzene rings is 1. The molecule has 0 radical (unpaired) electrons. The quantitative estimate of drug-likeness (QED) is 0.804. The molecule has 108 valence electrons. The van der Waals surface area contributed by atoms with E-state index in [0.717, 1.165) is 29.8 Å². The molecule has 2 aromatic heterocycles. The summed E-state index contributed by atoms with van der Waals surface area (Å²) in [5.74, 6) is 1.25. The van der Waals surface area contributed by atoms with Crippen LogP contribution in [0.5, 0.6) is 0 Å². The van der Waals surface area contributed by atoms with Crippen LogP contribution in [0.3, 0.4) is 0 Å². The highest BCUT2D eigenvalue weighted by atomic mass is 35.5. The maximum absolute atomic E-state index is 6.18. The molecule has 0 saturated carbocycles. The Morgan fingerprint density at radius 1 is 1.24 bits per heavy atom. The Kier molecular flexibility index (Phi) is 3.75. The molecule has 0 fully saturated rings. The fraction of sp³-hybridized carbons (Fsp3) is 0.267. The van der Waals surface area contributed by atoms with Gasteiger partial charge in [-0.25, -0.2) is 15.0 Å². The van der Waals surface area contributed by atoms with Crippen LogP contribution in [0.15, 0.2) is 30.6 Å². The fourth-order valence-corrected chi connectivity index (χ4v) is 2.59. The van der Waals surface area contributed by atoms with E-state index in [4.69, 9.17) is 22.3 Å². The first-order valence-corrected chi connectivity index (χ1v) is 7.27. The standard InChI is InChI=1S/C15H16ClN5/c1-2-7-21-12-6-4-3-5-10(12)20-13(21)8-11-14(16)15(17)19-9-18-11/h3-6,9H,2,7-8H2,1H3,(H2,17,18,19). The summed E-state index contributed by atoms with van der Waals surface area (Å²) in [5, 5.41) is 0.410. The van der Waals surface area contributed by atoms with Gasteiger partial charge in [-0.05, 0) is 18.6 Å². The van der Waals surface area contributed by atoms with E-state index < -0.39 is 0 Å². The summed E-state index contributed by atoms with van der Waals surface area (Å²) in [6.07, 6.45) is 3.01. The maximum atomic E-state index is 6.18. The second kappa shape index (κ2) is 5.69. The maximum Gasteiger partial charge on any atom is 0.145 e. The monoisotopic (exact) mass is 301 g/mol. The number of aromatic nitrogens is 4. The lowest BCUT2D eigenvalue weighted by Crippen LogP contribution is -2.07. The van der Waals surface area contributed by atoms with Gasteiger partial charge in [0.25, 0.3) is 0 Å². The Morgan fingerprint density at radius 2 is 2.05 bits per heavy atom. The van der Waals surface area contributed by atoms with Gasteiger partial charge in [0, 0.05) is 6.54 Å². The minimum Gasteiger partial charge on any atom is -0.382 e. The van der Waals surface area contributed by atoms with Crippen molar-refractivity contribution >= 4 is 28.5 Å². The molecule has 0 amide bonds.